The maximum absolute atomic E-state index is 11.6. The quantitative estimate of drug-likeness (QED) is 0.680. The van der Waals surface area contributed by atoms with Crippen molar-refractivity contribution in [1.82, 2.24) is 10.6 Å². The molecule has 0 aromatic heterocycles. The van der Waals surface area contributed by atoms with Crippen LogP contribution in [0.1, 0.15) is 12.0 Å². The molecule has 2 rings (SSSR count). The summed E-state index contributed by atoms with van der Waals surface area (Å²) in [6.07, 6.45) is 0.876. The zero-order valence-corrected chi connectivity index (χ0v) is 9.61. The monoisotopic (exact) mass is 235 g/mol. The van der Waals surface area contributed by atoms with Crippen LogP contribution in [0.5, 0.6) is 0 Å². The molecule has 1 aliphatic rings. The van der Waals surface area contributed by atoms with E-state index in [1.807, 2.05) is 24.3 Å². The molecule has 1 fully saturated rings. The van der Waals surface area contributed by atoms with E-state index in [1.54, 1.807) is 0 Å². The molecule has 1 aliphatic heterocycles. The predicted octanol–water partition coefficient (Wildman–Crippen LogP) is 0.857. The normalized spacial score (nSPS) is 18.9. The van der Waals surface area contributed by atoms with E-state index in [9.17, 15) is 4.79 Å². The van der Waals surface area contributed by atoms with Crippen LogP contribution in [-0.2, 0) is 11.3 Å². The minimum atomic E-state index is -0.177. The summed E-state index contributed by atoms with van der Waals surface area (Å²) in [5.74, 6) is 0. The number of anilines is 1. The van der Waals surface area contributed by atoms with Crippen LogP contribution >= 0.6 is 0 Å². The Bertz CT molecular complexity index is 389. The van der Waals surface area contributed by atoms with Gasteiger partial charge in [-0.25, -0.2) is 4.79 Å². The van der Waals surface area contributed by atoms with E-state index in [2.05, 4.69) is 10.6 Å². The predicted molar refractivity (Wildman–Crippen MR) is 65.4 cm³/mol. The summed E-state index contributed by atoms with van der Waals surface area (Å²) in [6, 6.07) is 7.44. The number of nitrogens with two attached hydrogens (primary N) is 1. The standard InChI is InChI=1S/C12H17N3O2/c13-11-4-2-1-3-9(11)7-14-12(16)15-10-5-6-17-8-10/h1-4,10H,5-8,13H2,(H2,14,15,16). The summed E-state index contributed by atoms with van der Waals surface area (Å²) < 4.78 is 5.18. The molecule has 5 heteroatoms. The van der Waals surface area contributed by atoms with Crippen molar-refractivity contribution in [2.75, 3.05) is 18.9 Å². The largest absolute Gasteiger partial charge is 0.398 e. The van der Waals surface area contributed by atoms with Crippen LogP contribution < -0.4 is 16.4 Å². The van der Waals surface area contributed by atoms with Gasteiger partial charge in [-0.3, -0.25) is 0 Å². The Labute approximate surface area is 100 Å². The van der Waals surface area contributed by atoms with Crippen molar-refractivity contribution in [3.05, 3.63) is 29.8 Å². The Morgan fingerprint density at radius 3 is 3.00 bits per heavy atom. The zero-order valence-electron chi connectivity index (χ0n) is 9.61. The van der Waals surface area contributed by atoms with Crippen molar-refractivity contribution in [2.24, 2.45) is 0 Å². The summed E-state index contributed by atoms with van der Waals surface area (Å²) in [5, 5.41) is 5.63. The number of ether oxygens (including phenoxy) is 1. The van der Waals surface area contributed by atoms with Crippen LogP contribution in [0.3, 0.4) is 0 Å². The van der Waals surface area contributed by atoms with Gasteiger partial charge in [-0.15, -0.1) is 0 Å². The second-order valence-corrected chi connectivity index (χ2v) is 4.09. The minimum Gasteiger partial charge on any atom is -0.398 e. The first-order valence-corrected chi connectivity index (χ1v) is 5.71. The maximum Gasteiger partial charge on any atom is 0.315 e. The van der Waals surface area contributed by atoms with Crippen molar-refractivity contribution in [1.29, 1.82) is 0 Å². The van der Waals surface area contributed by atoms with Crippen molar-refractivity contribution in [3.8, 4) is 0 Å². The van der Waals surface area contributed by atoms with Crippen LogP contribution in [0.15, 0.2) is 24.3 Å². The highest BCUT2D eigenvalue weighted by atomic mass is 16.5. The highest BCUT2D eigenvalue weighted by Gasteiger charge is 2.17. The molecule has 5 nitrogen and oxygen atoms in total. The number of carbonyl (C=O) groups excluding carboxylic acids is 1. The fraction of sp³-hybridized carbons (Fsp3) is 0.417. The number of nitrogen functional groups attached to an aromatic ring is 1. The molecule has 2 amide bonds. The molecule has 0 bridgehead atoms. The molecule has 0 aliphatic carbocycles. The molecule has 0 saturated carbocycles. The average molecular weight is 235 g/mol. The molecule has 1 saturated heterocycles. The Balaban J connectivity index is 1.77. The molecule has 92 valence electrons. The lowest BCUT2D eigenvalue weighted by molar-refractivity contribution is 0.188. The fourth-order valence-electron chi connectivity index (χ4n) is 1.76. The Kier molecular flexibility index (Phi) is 3.82. The van der Waals surface area contributed by atoms with E-state index in [1.165, 1.54) is 0 Å². The molecule has 1 aromatic rings. The van der Waals surface area contributed by atoms with Gasteiger partial charge in [0.05, 0.1) is 12.6 Å². The molecule has 1 atom stereocenters. The molecular formula is C12H17N3O2. The van der Waals surface area contributed by atoms with Crippen LogP contribution in [0, 0.1) is 0 Å². The van der Waals surface area contributed by atoms with Gasteiger partial charge in [0.2, 0.25) is 0 Å². The number of para-hydroxylation sites is 1. The van der Waals surface area contributed by atoms with E-state index in [4.69, 9.17) is 10.5 Å². The average Bonchev–Trinajstić information content (AvgIpc) is 2.81. The minimum absolute atomic E-state index is 0.128. The number of amides is 2. The van der Waals surface area contributed by atoms with Gasteiger partial charge in [-0.2, -0.15) is 0 Å². The van der Waals surface area contributed by atoms with Crippen molar-refractivity contribution >= 4 is 11.7 Å². The molecule has 4 N–H and O–H groups in total. The van der Waals surface area contributed by atoms with Gasteiger partial charge in [0.1, 0.15) is 0 Å². The second-order valence-electron chi connectivity index (χ2n) is 4.09. The number of benzene rings is 1. The second kappa shape index (κ2) is 5.54. The fourth-order valence-corrected chi connectivity index (χ4v) is 1.76. The summed E-state index contributed by atoms with van der Waals surface area (Å²) >= 11 is 0. The van der Waals surface area contributed by atoms with E-state index < -0.39 is 0 Å². The summed E-state index contributed by atoms with van der Waals surface area (Å²) in [7, 11) is 0. The topological polar surface area (TPSA) is 76.4 Å². The highest BCUT2D eigenvalue weighted by Crippen LogP contribution is 2.09. The van der Waals surface area contributed by atoms with E-state index in [0.29, 0.717) is 18.8 Å². The van der Waals surface area contributed by atoms with Crippen LogP contribution in [0.2, 0.25) is 0 Å². The van der Waals surface area contributed by atoms with Gasteiger partial charge in [0, 0.05) is 18.8 Å². The van der Waals surface area contributed by atoms with Gasteiger partial charge in [-0.05, 0) is 18.1 Å². The molecule has 1 unspecified atom stereocenters. The third kappa shape index (κ3) is 3.35. The number of rotatable bonds is 3. The first-order chi connectivity index (χ1) is 8.25. The first-order valence-electron chi connectivity index (χ1n) is 5.71. The third-order valence-corrected chi connectivity index (χ3v) is 2.76. The molecule has 17 heavy (non-hydrogen) atoms. The molecule has 1 aromatic carbocycles. The number of hydrogen-bond donors (Lipinski definition) is 3. The van der Waals surface area contributed by atoms with Gasteiger partial charge < -0.3 is 21.1 Å². The van der Waals surface area contributed by atoms with Gasteiger partial charge in [0.15, 0.2) is 0 Å². The van der Waals surface area contributed by atoms with Crippen LogP contribution in [0.4, 0.5) is 10.5 Å². The number of urea groups is 1. The Hall–Kier alpha value is -1.75. The first kappa shape index (κ1) is 11.7. The zero-order chi connectivity index (χ0) is 12.1. The lowest BCUT2D eigenvalue weighted by Gasteiger charge is -2.12. The SMILES string of the molecule is Nc1ccccc1CNC(=O)NC1CCOC1. The maximum atomic E-state index is 11.6. The van der Waals surface area contributed by atoms with E-state index >= 15 is 0 Å². The summed E-state index contributed by atoms with van der Waals surface area (Å²) in [6.45, 7) is 1.75. The van der Waals surface area contributed by atoms with Crippen molar-refractivity contribution in [2.45, 2.75) is 19.0 Å². The van der Waals surface area contributed by atoms with Crippen molar-refractivity contribution in [3.63, 3.8) is 0 Å². The van der Waals surface area contributed by atoms with E-state index in [0.717, 1.165) is 18.6 Å². The van der Waals surface area contributed by atoms with Crippen LogP contribution in [0.25, 0.3) is 0 Å². The molecule has 0 spiro atoms. The highest BCUT2D eigenvalue weighted by molar-refractivity contribution is 5.74. The lowest BCUT2D eigenvalue weighted by Crippen LogP contribution is -2.42. The van der Waals surface area contributed by atoms with Gasteiger partial charge >= 0.3 is 6.03 Å². The molecule has 1 heterocycles. The van der Waals surface area contributed by atoms with Crippen LogP contribution in [-0.4, -0.2) is 25.3 Å². The summed E-state index contributed by atoms with van der Waals surface area (Å²) in [5.41, 5.74) is 7.39. The Morgan fingerprint density at radius 2 is 2.29 bits per heavy atom. The van der Waals surface area contributed by atoms with Gasteiger partial charge in [0.25, 0.3) is 0 Å². The number of hydrogen-bond acceptors (Lipinski definition) is 3. The smallest absolute Gasteiger partial charge is 0.315 e. The number of carbonyl (C=O) groups is 1. The number of nitrogens with one attached hydrogen (secondary N) is 2. The molecule has 0 radical (unpaired) electrons. The Morgan fingerprint density at radius 1 is 1.47 bits per heavy atom. The van der Waals surface area contributed by atoms with Crippen molar-refractivity contribution < 1.29 is 9.53 Å². The van der Waals surface area contributed by atoms with Gasteiger partial charge in [-0.1, -0.05) is 18.2 Å². The van der Waals surface area contributed by atoms with E-state index in [-0.39, 0.29) is 12.1 Å². The summed E-state index contributed by atoms with van der Waals surface area (Å²) in [4.78, 5) is 11.6. The third-order valence-electron chi connectivity index (χ3n) is 2.76. The lowest BCUT2D eigenvalue weighted by atomic mass is 10.2. The molecular weight excluding hydrogens is 218 g/mol.